The minimum Gasteiger partial charge on any atom is -0.462 e. The monoisotopic (exact) mass is 499 g/mol. The van der Waals surface area contributed by atoms with Crippen LogP contribution in [-0.2, 0) is 20.9 Å². The van der Waals surface area contributed by atoms with E-state index in [-0.39, 0.29) is 18.5 Å². The second-order valence-corrected chi connectivity index (χ2v) is 9.03. The zero-order valence-electron chi connectivity index (χ0n) is 18.2. The third-order valence-electron chi connectivity index (χ3n) is 5.97. The smallest absolute Gasteiger partial charge is 0.339 e. The molecule has 0 unspecified atom stereocenters. The van der Waals surface area contributed by atoms with Crippen LogP contribution in [0.5, 0.6) is 0 Å². The molecule has 3 aromatic rings. The predicted octanol–water partition coefficient (Wildman–Crippen LogP) is 4.62. The second kappa shape index (κ2) is 9.32. The maximum atomic E-state index is 12.8. The van der Waals surface area contributed by atoms with Gasteiger partial charge >= 0.3 is 11.9 Å². The number of ether oxygens (including phenoxy) is 2. The fourth-order valence-electron chi connectivity index (χ4n) is 3.94. The SMILES string of the molecule is CCOC(=O)c1cc(N2CCC(C)(C(=O)OCc3ccccc3)CC2)c2ncc(Br)n2c1. The molecule has 168 valence electrons. The van der Waals surface area contributed by atoms with Crippen LogP contribution in [0, 0.1) is 5.41 Å². The summed E-state index contributed by atoms with van der Waals surface area (Å²) in [6, 6.07) is 11.5. The van der Waals surface area contributed by atoms with E-state index in [9.17, 15) is 9.59 Å². The molecular weight excluding hydrogens is 474 g/mol. The number of nitrogens with zero attached hydrogens (tertiary/aromatic N) is 3. The maximum absolute atomic E-state index is 12.8. The Bertz CT molecular complexity index is 1120. The maximum Gasteiger partial charge on any atom is 0.339 e. The van der Waals surface area contributed by atoms with E-state index in [1.165, 1.54) is 0 Å². The molecule has 1 fully saturated rings. The highest BCUT2D eigenvalue weighted by molar-refractivity contribution is 9.10. The zero-order chi connectivity index (χ0) is 22.7. The Labute approximate surface area is 195 Å². The molecule has 0 spiro atoms. The number of hydrogen-bond donors (Lipinski definition) is 0. The van der Waals surface area contributed by atoms with Gasteiger partial charge in [-0.3, -0.25) is 9.20 Å². The molecule has 0 aliphatic carbocycles. The molecule has 0 amide bonds. The van der Waals surface area contributed by atoms with E-state index in [2.05, 4.69) is 25.8 Å². The highest BCUT2D eigenvalue weighted by Crippen LogP contribution is 2.36. The Balaban J connectivity index is 1.50. The van der Waals surface area contributed by atoms with Gasteiger partial charge in [0, 0.05) is 19.3 Å². The molecule has 0 radical (unpaired) electrons. The van der Waals surface area contributed by atoms with E-state index in [4.69, 9.17) is 9.47 Å². The van der Waals surface area contributed by atoms with Crippen molar-refractivity contribution in [3.63, 3.8) is 0 Å². The van der Waals surface area contributed by atoms with E-state index >= 15 is 0 Å². The summed E-state index contributed by atoms with van der Waals surface area (Å²) < 4.78 is 13.4. The van der Waals surface area contributed by atoms with Crippen LogP contribution in [0.3, 0.4) is 0 Å². The Morgan fingerprint density at radius 3 is 2.56 bits per heavy atom. The van der Waals surface area contributed by atoms with Crippen molar-refractivity contribution in [2.45, 2.75) is 33.3 Å². The van der Waals surface area contributed by atoms with Gasteiger partial charge in [0.2, 0.25) is 0 Å². The van der Waals surface area contributed by atoms with Crippen LogP contribution in [0.4, 0.5) is 5.69 Å². The fraction of sp³-hybridized carbons (Fsp3) is 0.375. The first-order valence-electron chi connectivity index (χ1n) is 10.7. The molecule has 0 bridgehead atoms. The number of carbonyl (C=O) groups excluding carboxylic acids is 2. The van der Waals surface area contributed by atoms with Crippen molar-refractivity contribution >= 4 is 39.2 Å². The van der Waals surface area contributed by atoms with Gasteiger partial charge in [-0.1, -0.05) is 30.3 Å². The highest BCUT2D eigenvalue weighted by Gasteiger charge is 2.39. The lowest BCUT2D eigenvalue weighted by Gasteiger charge is -2.38. The van der Waals surface area contributed by atoms with E-state index < -0.39 is 5.41 Å². The average molecular weight is 500 g/mol. The third kappa shape index (κ3) is 4.50. The van der Waals surface area contributed by atoms with Crippen LogP contribution in [0.15, 0.2) is 53.4 Å². The molecule has 0 atom stereocenters. The summed E-state index contributed by atoms with van der Waals surface area (Å²) in [5.74, 6) is -0.544. The summed E-state index contributed by atoms with van der Waals surface area (Å²) in [6.07, 6.45) is 4.74. The van der Waals surface area contributed by atoms with Crippen LogP contribution < -0.4 is 4.90 Å². The number of rotatable bonds is 6. The summed E-state index contributed by atoms with van der Waals surface area (Å²) in [7, 11) is 0. The molecular formula is C24H26BrN3O4. The Morgan fingerprint density at radius 2 is 1.88 bits per heavy atom. The molecule has 0 N–H and O–H groups in total. The van der Waals surface area contributed by atoms with E-state index in [0.29, 0.717) is 38.1 Å². The van der Waals surface area contributed by atoms with Crippen LogP contribution in [0.1, 0.15) is 42.6 Å². The van der Waals surface area contributed by atoms with Crippen molar-refractivity contribution in [3.8, 4) is 0 Å². The standard InChI is InChI=1S/C24H26BrN3O4/c1-3-31-22(29)18-13-19(21-26-14-20(25)28(21)15-18)27-11-9-24(2,10-12-27)23(30)32-16-17-7-5-4-6-8-17/h4-8,13-15H,3,9-12,16H2,1-2H3. The summed E-state index contributed by atoms with van der Waals surface area (Å²) in [5, 5.41) is 0. The van der Waals surface area contributed by atoms with Crippen LogP contribution in [0.25, 0.3) is 5.65 Å². The normalized spacial score (nSPS) is 15.5. The second-order valence-electron chi connectivity index (χ2n) is 8.22. The van der Waals surface area contributed by atoms with E-state index in [1.807, 2.05) is 47.7 Å². The van der Waals surface area contributed by atoms with Gasteiger partial charge in [0.05, 0.1) is 29.5 Å². The number of halogens is 1. The number of benzene rings is 1. The van der Waals surface area contributed by atoms with Gasteiger partial charge in [-0.05, 0) is 54.2 Å². The summed E-state index contributed by atoms with van der Waals surface area (Å²) in [6.45, 7) is 5.65. The van der Waals surface area contributed by atoms with Crippen molar-refractivity contribution in [3.05, 3.63) is 64.5 Å². The summed E-state index contributed by atoms with van der Waals surface area (Å²) in [4.78, 5) is 31.9. The third-order valence-corrected chi connectivity index (χ3v) is 6.55. The van der Waals surface area contributed by atoms with E-state index in [1.54, 1.807) is 19.3 Å². The fourth-order valence-corrected chi connectivity index (χ4v) is 4.31. The van der Waals surface area contributed by atoms with Crippen molar-refractivity contribution in [2.75, 3.05) is 24.6 Å². The number of hydrogen-bond acceptors (Lipinski definition) is 6. The number of imidazole rings is 1. The molecule has 1 aromatic carbocycles. The molecule has 8 heteroatoms. The minimum absolute atomic E-state index is 0.171. The zero-order valence-corrected chi connectivity index (χ0v) is 19.8. The molecule has 1 aliphatic rings. The number of pyridine rings is 1. The Morgan fingerprint density at radius 1 is 1.16 bits per heavy atom. The van der Waals surface area contributed by atoms with Crippen molar-refractivity contribution in [1.29, 1.82) is 0 Å². The first kappa shape index (κ1) is 22.3. The largest absolute Gasteiger partial charge is 0.462 e. The number of aromatic nitrogens is 2. The van der Waals surface area contributed by atoms with Crippen molar-refractivity contribution < 1.29 is 19.1 Å². The van der Waals surface area contributed by atoms with Crippen molar-refractivity contribution in [2.24, 2.45) is 5.41 Å². The topological polar surface area (TPSA) is 73.1 Å². The first-order valence-corrected chi connectivity index (χ1v) is 11.5. The van der Waals surface area contributed by atoms with Gasteiger partial charge in [-0.2, -0.15) is 0 Å². The van der Waals surface area contributed by atoms with Gasteiger partial charge in [0.15, 0.2) is 5.65 Å². The average Bonchev–Trinajstić information content (AvgIpc) is 3.19. The molecule has 2 aromatic heterocycles. The highest BCUT2D eigenvalue weighted by atomic mass is 79.9. The minimum atomic E-state index is -0.545. The molecule has 3 heterocycles. The van der Waals surface area contributed by atoms with Gasteiger partial charge in [-0.15, -0.1) is 0 Å². The molecule has 4 rings (SSSR count). The lowest BCUT2D eigenvalue weighted by molar-refractivity contribution is -0.157. The lowest BCUT2D eigenvalue weighted by atomic mass is 9.80. The van der Waals surface area contributed by atoms with Gasteiger partial charge in [-0.25, -0.2) is 9.78 Å². The van der Waals surface area contributed by atoms with Crippen LogP contribution in [0.2, 0.25) is 0 Å². The number of piperidine rings is 1. The van der Waals surface area contributed by atoms with Gasteiger partial charge < -0.3 is 14.4 Å². The van der Waals surface area contributed by atoms with Crippen molar-refractivity contribution in [1.82, 2.24) is 9.38 Å². The first-order chi connectivity index (χ1) is 15.4. The Kier molecular flexibility index (Phi) is 6.50. The van der Waals surface area contributed by atoms with Crippen LogP contribution in [-0.4, -0.2) is 41.0 Å². The van der Waals surface area contributed by atoms with Gasteiger partial charge in [0.1, 0.15) is 11.2 Å². The quantitative estimate of drug-likeness (QED) is 0.460. The molecule has 1 saturated heterocycles. The number of carbonyl (C=O) groups is 2. The number of anilines is 1. The van der Waals surface area contributed by atoms with E-state index in [0.717, 1.165) is 21.5 Å². The summed E-state index contributed by atoms with van der Waals surface area (Å²) >= 11 is 3.49. The number of fused-ring (bicyclic) bond motifs is 1. The Hall–Kier alpha value is -2.87. The summed E-state index contributed by atoms with van der Waals surface area (Å²) in [5.41, 5.74) is 2.49. The predicted molar refractivity (Wildman–Crippen MR) is 125 cm³/mol. The molecule has 7 nitrogen and oxygen atoms in total. The molecule has 0 saturated carbocycles. The number of esters is 2. The van der Waals surface area contributed by atoms with Gasteiger partial charge in [0.25, 0.3) is 0 Å². The molecule has 1 aliphatic heterocycles. The van der Waals surface area contributed by atoms with Crippen LogP contribution >= 0.6 is 15.9 Å². The lowest BCUT2D eigenvalue weighted by Crippen LogP contribution is -2.43. The molecule has 32 heavy (non-hydrogen) atoms.